The maximum absolute atomic E-state index is 13.6. The third kappa shape index (κ3) is 4.61. The van der Waals surface area contributed by atoms with Crippen LogP contribution in [0.25, 0.3) is 11.1 Å². The zero-order valence-electron chi connectivity index (χ0n) is 18.4. The van der Waals surface area contributed by atoms with Crippen molar-refractivity contribution in [1.82, 2.24) is 5.32 Å². The predicted octanol–water partition coefficient (Wildman–Crippen LogP) is 4.78. The molecule has 3 aromatic carbocycles. The highest BCUT2D eigenvalue weighted by molar-refractivity contribution is 6.02. The summed E-state index contributed by atoms with van der Waals surface area (Å²) >= 11 is 0. The van der Waals surface area contributed by atoms with E-state index in [-0.39, 0.29) is 30.2 Å². The standard InChI is InChI=1S/C26H23FN2O5/c1-2-22(24(30)28-23-13-15(27)11-12-20(23)25(31)32)29-26(33)34-14-21-18-9-5-3-7-16(18)17-8-4-6-10-19(17)21/h3-13,21-22H,2,14H2,1H3,(H,28,30)(H,29,33)(H,31,32)/t22-/m0/s1. The quantitative estimate of drug-likeness (QED) is 0.469. The van der Waals surface area contributed by atoms with Crippen molar-refractivity contribution in [2.24, 2.45) is 0 Å². The summed E-state index contributed by atoms with van der Waals surface area (Å²) in [7, 11) is 0. The third-order valence-electron chi connectivity index (χ3n) is 5.83. The van der Waals surface area contributed by atoms with Crippen LogP contribution in [0.4, 0.5) is 14.9 Å². The Morgan fingerprint density at radius 1 is 1.00 bits per heavy atom. The maximum atomic E-state index is 13.6. The number of halogens is 1. The molecule has 0 unspecified atom stereocenters. The number of carboxylic acid groups (broad SMARTS) is 1. The summed E-state index contributed by atoms with van der Waals surface area (Å²) in [6.07, 6.45) is -0.560. The molecule has 174 valence electrons. The van der Waals surface area contributed by atoms with E-state index < -0.39 is 29.8 Å². The van der Waals surface area contributed by atoms with Crippen molar-refractivity contribution >= 4 is 23.7 Å². The smallest absolute Gasteiger partial charge is 0.407 e. The fraction of sp³-hybridized carbons (Fsp3) is 0.192. The van der Waals surface area contributed by atoms with Crippen molar-refractivity contribution in [3.8, 4) is 11.1 Å². The summed E-state index contributed by atoms with van der Waals surface area (Å²) in [6.45, 7) is 1.77. The van der Waals surface area contributed by atoms with Crippen molar-refractivity contribution in [2.75, 3.05) is 11.9 Å². The number of alkyl carbamates (subject to hydrolysis) is 1. The number of aromatic carboxylic acids is 1. The Balaban J connectivity index is 1.41. The van der Waals surface area contributed by atoms with Crippen LogP contribution < -0.4 is 10.6 Å². The first-order valence-electron chi connectivity index (χ1n) is 10.8. The topological polar surface area (TPSA) is 105 Å². The van der Waals surface area contributed by atoms with Crippen molar-refractivity contribution in [1.29, 1.82) is 0 Å². The fourth-order valence-electron chi connectivity index (χ4n) is 4.16. The van der Waals surface area contributed by atoms with Gasteiger partial charge in [-0.25, -0.2) is 14.0 Å². The minimum Gasteiger partial charge on any atom is -0.478 e. The number of fused-ring (bicyclic) bond motifs is 3. The average molecular weight is 462 g/mol. The van der Waals surface area contributed by atoms with E-state index in [1.54, 1.807) is 6.92 Å². The molecule has 0 fully saturated rings. The van der Waals surface area contributed by atoms with Gasteiger partial charge in [0.1, 0.15) is 18.5 Å². The van der Waals surface area contributed by atoms with Crippen LogP contribution >= 0.6 is 0 Å². The molecule has 0 aromatic heterocycles. The molecule has 0 bridgehead atoms. The molecule has 2 amide bonds. The van der Waals surface area contributed by atoms with Crippen LogP contribution in [0.5, 0.6) is 0 Å². The van der Waals surface area contributed by atoms with E-state index in [1.165, 1.54) is 0 Å². The van der Waals surface area contributed by atoms with Crippen LogP contribution in [0.1, 0.15) is 40.7 Å². The third-order valence-corrected chi connectivity index (χ3v) is 5.83. The molecule has 0 spiro atoms. The van der Waals surface area contributed by atoms with Gasteiger partial charge in [-0.1, -0.05) is 55.5 Å². The Bertz CT molecular complexity index is 1210. The minimum absolute atomic E-state index is 0.0883. The van der Waals surface area contributed by atoms with Crippen LogP contribution in [-0.2, 0) is 9.53 Å². The molecule has 0 aliphatic heterocycles. The van der Waals surface area contributed by atoms with E-state index in [0.29, 0.717) is 0 Å². The largest absolute Gasteiger partial charge is 0.478 e. The van der Waals surface area contributed by atoms with Gasteiger partial charge < -0.3 is 20.5 Å². The second-order valence-electron chi connectivity index (χ2n) is 7.92. The number of hydrogen-bond acceptors (Lipinski definition) is 4. The van der Waals surface area contributed by atoms with E-state index in [9.17, 15) is 23.9 Å². The number of benzene rings is 3. The van der Waals surface area contributed by atoms with Crippen LogP contribution in [0.2, 0.25) is 0 Å². The number of nitrogens with one attached hydrogen (secondary N) is 2. The first-order valence-corrected chi connectivity index (χ1v) is 10.8. The van der Waals surface area contributed by atoms with E-state index in [0.717, 1.165) is 40.5 Å². The summed E-state index contributed by atoms with van der Waals surface area (Å²) in [5.41, 5.74) is 3.88. The molecule has 0 radical (unpaired) electrons. The lowest BCUT2D eigenvalue weighted by molar-refractivity contribution is -0.118. The number of rotatable bonds is 7. The van der Waals surface area contributed by atoms with Crippen LogP contribution in [0.3, 0.4) is 0 Å². The van der Waals surface area contributed by atoms with Gasteiger partial charge in [-0.05, 0) is 46.9 Å². The lowest BCUT2D eigenvalue weighted by atomic mass is 9.98. The fourth-order valence-corrected chi connectivity index (χ4v) is 4.16. The van der Waals surface area contributed by atoms with Gasteiger partial charge in [0.25, 0.3) is 0 Å². The number of hydrogen-bond donors (Lipinski definition) is 3. The second-order valence-corrected chi connectivity index (χ2v) is 7.92. The zero-order chi connectivity index (χ0) is 24.2. The highest BCUT2D eigenvalue weighted by Crippen LogP contribution is 2.44. The predicted molar refractivity (Wildman–Crippen MR) is 124 cm³/mol. The molecule has 3 N–H and O–H groups in total. The van der Waals surface area contributed by atoms with Gasteiger partial charge >= 0.3 is 12.1 Å². The van der Waals surface area contributed by atoms with Gasteiger partial charge in [0.05, 0.1) is 11.3 Å². The summed E-state index contributed by atoms with van der Waals surface area (Å²) in [4.78, 5) is 36.5. The van der Waals surface area contributed by atoms with Gasteiger partial charge in [-0.3, -0.25) is 4.79 Å². The normalized spacial score (nSPS) is 12.9. The number of anilines is 1. The van der Waals surface area contributed by atoms with Gasteiger partial charge in [0.15, 0.2) is 0 Å². The molecule has 0 saturated heterocycles. The van der Waals surface area contributed by atoms with E-state index in [2.05, 4.69) is 10.6 Å². The van der Waals surface area contributed by atoms with E-state index >= 15 is 0 Å². The van der Waals surface area contributed by atoms with Gasteiger partial charge in [-0.15, -0.1) is 0 Å². The zero-order valence-corrected chi connectivity index (χ0v) is 18.4. The molecule has 1 aliphatic rings. The molecule has 4 rings (SSSR count). The Morgan fingerprint density at radius 2 is 1.62 bits per heavy atom. The number of carbonyl (C=O) groups excluding carboxylic acids is 2. The highest BCUT2D eigenvalue weighted by Gasteiger charge is 2.29. The first kappa shape index (κ1) is 23.0. The van der Waals surface area contributed by atoms with Crippen LogP contribution in [0, 0.1) is 5.82 Å². The van der Waals surface area contributed by atoms with Crippen LogP contribution in [-0.4, -0.2) is 35.7 Å². The molecular weight excluding hydrogens is 439 g/mol. The van der Waals surface area contributed by atoms with Gasteiger partial charge in [-0.2, -0.15) is 0 Å². The summed E-state index contributed by atoms with van der Waals surface area (Å²) < 4.78 is 19.0. The molecule has 8 heteroatoms. The molecule has 1 aliphatic carbocycles. The molecule has 3 aromatic rings. The Kier molecular flexibility index (Phi) is 6.58. The summed E-state index contributed by atoms with van der Waals surface area (Å²) in [5, 5.41) is 14.2. The number of amides is 2. The highest BCUT2D eigenvalue weighted by atomic mass is 19.1. The van der Waals surface area contributed by atoms with Gasteiger partial charge in [0.2, 0.25) is 5.91 Å². The molecule has 1 atom stereocenters. The van der Waals surface area contributed by atoms with Crippen LogP contribution in [0.15, 0.2) is 66.7 Å². The van der Waals surface area contributed by atoms with Crippen molar-refractivity contribution in [3.63, 3.8) is 0 Å². The lowest BCUT2D eigenvalue weighted by Crippen LogP contribution is -2.44. The number of carboxylic acids is 1. The second kappa shape index (κ2) is 9.74. The summed E-state index contributed by atoms with van der Waals surface area (Å²) in [6, 6.07) is 17.8. The van der Waals surface area contributed by atoms with Crippen molar-refractivity contribution in [3.05, 3.63) is 89.2 Å². The lowest BCUT2D eigenvalue weighted by Gasteiger charge is -2.19. The molecule has 7 nitrogen and oxygen atoms in total. The van der Waals surface area contributed by atoms with E-state index in [1.807, 2.05) is 48.5 Å². The molecule has 0 saturated carbocycles. The van der Waals surface area contributed by atoms with Crippen molar-refractivity contribution in [2.45, 2.75) is 25.3 Å². The first-order chi connectivity index (χ1) is 16.4. The Hall–Kier alpha value is -4.20. The number of ether oxygens (including phenoxy) is 1. The monoisotopic (exact) mass is 462 g/mol. The Labute approximate surface area is 195 Å². The summed E-state index contributed by atoms with van der Waals surface area (Å²) in [5.74, 6) is -2.81. The molecule has 0 heterocycles. The molecular formula is C26H23FN2O5. The molecule has 34 heavy (non-hydrogen) atoms. The van der Waals surface area contributed by atoms with Gasteiger partial charge in [0, 0.05) is 5.92 Å². The maximum Gasteiger partial charge on any atom is 0.407 e. The Morgan fingerprint density at radius 3 is 2.21 bits per heavy atom. The van der Waals surface area contributed by atoms with E-state index in [4.69, 9.17) is 4.74 Å². The average Bonchev–Trinajstić information content (AvgIpc) is 3.14. The minimum atomic E-state index is -1.31. The number of carbonyl (C=O) groups is 3. The SMILES string of the molecule is CC[C@H](NC(=O)OCC1c2ccccc2-c2ccccc21)C(=O)Nc1cc(F)ccc1C(=O)O. The van der Waals surface area contributed by atoms with Crippen molar-refractivity contribution < 1.29 is 28.6 Å².